The molecule has 0 aromatic heterocycles. The van der Waals surface area contributed by atoms with Gasteiger partial charge < -0.3 is 15.4 Å². The Morgan fingerprint density at radius 1 is 1.54 bits per heavy atom. The molecule has 0 spiro atoms. The molecule has 1 heterocycles. The number of nitrogens with one attached hydrogen (secondary N) is 2. The van der Waals surface area contributed by atoms with Crippen LogP contribution in [0.25, 0.3) is 0 Å². The van der Waals surface area contributed by atoms with Crippen LogP contribution in [0, 0.1) is 5.92 Å². The van der Waals surface area contributed by atoms with Crippen LogP contribution < -0.4 is 10.6 Å². The molecule has 3 heteroatoms. The normalized spacial score (nSPS) is 26.3. The van der Waals surface area contributed by atoms with E-state index in [1.807, 2.05) is 7.05 Å². The largest absolute Gasteiger partial charge is 0.376 e. The molecular formula is C10H22N2O. The fourth-order valence-electron chi connectivity index (χ4n) is 1.78. The minimum atomic E-state index is 0.397. The highest BCUT2D eigenvalue weighted by Gasteiger charge is 2.19. The van der Waals surface area contributed by atoms with E-state index >= 15 is 0 Å². The molecule has 1 rings (SSSR count). The molecule has 2 atom stereocenters. The first-order chi connectivity index (χ1) is 6.24. The average molecular weight is 186 g/mol. The summed E-state index contributed by atoms with van der Waals surface area (Å²) in [6.45, 7) is 7.36. The van der Waals surface area contributed by atoms with Crippen LogP contribution in [0.2, 0.25) is 0 Å². The predicted octanol–water partition coefficient (Wildman–Crippen LogP) is 0.609. The minimum Gasteiger partial charge on any atom is -0.376 e. The Balaban J connectivity index is 2.27. The number of rotatable bonds is 4. The maximum atomic E-state index is 5.66. The van der Waals surface area contributed by atoms with E-state index in [9.17, 15) is 0 Å². The standard InChI is InChI=1S/C10H22N2O/c1-8(2)10(11-3)6-9-7-12-4-5-13-9/h8-12H,4-7H2,1-3H3. The van der Waals surface area contributed by atoms with E-state index in [-0.39, 0.29) is 0 Å². The lowest BCUT2D eigenvalue weighted by atomic mass is 9.98. The Hall–Kier alpha value is -0.120. The van der Waals surface area contributed by atoms with E-state index in [2.05, 4.69) is 24.5 Å². The number of morpholine rings is 1. The molecule has 1 fully saturated rings. The molecule has 1 saturated heterocycles. The molecule has 0 aliphatic carbocycles. The summed E-state index contributed by atoms with van der Waals surface area (Å²) >= 11 is 0. The van der Waals surface area contributed by atoms with Crippen LogP contribution in [-0.2, 0) is 4.74 Å². The highest BCUT2D eigenvalue weighted by atomic mass is 16.5. The van der Waals surface area contributed by atoms with Crippen molar-refractivity contribution in [1.82, 2.24) is 10.6 Å². The molecule has 0 amide bonds. The maximum Gasteiger partial charge on any atom is 0.0715 e. The smallest absolute Gasteiger partial charge is 0.0715 e. The third kappa shape index (κ3) is 3.63. The minimum absolute atomic E-state index is 0.397. The van der Waals surface area contributed by atoms with Gasteiger partial charge in [0.25, 0.3) is 0 Å². The quantitative estimate of drug-likeness (QED) is 0.675. The molecule has 78 valence electrons. The van der Waals surface area contributed by atoms with Crippen LogP contribution in [0.3, 0.4) is 0 Å². The highest BCUT2D eigenvalue weighted by molar-refractivity contribution is 4.76. The lowest BCUT2D eigenvalue weighted by Gasteiger charge is -2.29. The second-order valence-electron chi connectivity index (χ2n) is 4.07. The van der Waals surface area contributed by atoms with E-state index in [1.165, 1.54) is 0 Å². The summed E-state index contributed by atoms with van der Waals surface area (Å²) in [5.74, 6) is 0.676. The fourth-order valence-corrected chi connectivity index (χ4v) is 1.78. The van der Waals surface area contributed by atoms with Gasteiger partial charge in [-0.3, -0.25) is 0 Å². The van der Waals surface area contributed by atoms with Gasteiger partial charge in [-0.1, -0.05) is 13.8 Å². The van der Waals surface area contributed by atoms with Gasteiger partial charge in [-0.05, 0) is 19.4 Å². The summed E-state index contributed by atoms with van der Waals surface area (Å²) in [6, 6.07) is 0.574. The van der Waals surface area contributed by atoms with Gasteiger partial charge in [0, 0.05) is 19.1 Å². The number of ether oxygens (including phenoxy) is 1. The molecular weight excluding hydrogens is 164 g/mol. The SMILES string of the molecule is CNC(CC1CNCCO1)C(C)C. The third-order valence-corrected chi connectivity index (χ3v) is 2.70. The second kappa shape index (κ2) is 5.58. The molecule has 2 N–H and O–H groups in total. The van der Waals surface area contributed by atoms with Gasteiger partial charge in [-0.2, -0.15) is 0 Å². The van der Waals surface area contributed by atoms with Gasteiger partial charge in [0.15, 0.2) is 0 Å². The summed E-state index contributed by atoms with van der Waals surface area (Å²) < 4.78 is 5.66. The molecule has 3 nitrogen and oxygen atoms in total. The second-order valence-corrected chi connectivity index (χ2v) is 4.07. The van der Waals surface area contributed by atoms with E-state index in [0.29, 0.717) is 18.1 Å². The first-order valence-corrected chi connectivity index (χ1v) is 5.23. The Kier molecular flexibility index (Phi) is 4.70. The Labute approximate surface area is 81.2 Å². The molecule has 0 radical (unpaired) electrons. The Morgan fingerprint density at radius 2 is 2.31 bits per heavy atom. The molecule has 0 aromatic carbocycles. The van der Waals surface area contributed by atoms with Crippen molar-refractivity contribution in [3.05, 3.63) is 0 Å². The monoisotopic (exact) mass is 186 g/mol. The first-order valence-electron chi connectivity index (χ1n) is 5.23. The van der Waals surface area contributed by atoms with Crippen molar-refractivity contribution in [3.63, 3.8) is 0 Å². The van der Waals surface area contributed by atoms with Gasteiger partial charge in [0.2, 0.25) is 0 Å². The van der Waals surface area contributed by atoms with Crippen LogP contribution in [0.15, 0.2) is 0 Å². The van der Waals surface area contributed by atoms with E-state index in [0.717, 1.165) is 26.1 Å². The Bertz CT molecular complexity index is 133. The van der Waals surface area contributed by atoms with Gasteiger partial charge in [-0.25, -0.2) is 0 Å². The maximum absolute atomic E-state index is 5.66. The zero-order valence-corrected chi connectivity index (χ0v) is 8.97. The van der Waals surface area contributed by atoms with Crippen molar-refractivity contribution in [2.75, 3.05) is 26.7 Å². The zero-order valence-electron chi connectivity index (χ0n) is 8.97. The van der Waals surface area contributed by atoms with Crippen molar-refractivity contribution >= 4 is 0 Å². The van der Waals surface area contributed by atoms with E-state index in [4.69, 9.17) is 4.74 Å². The van der Waals surface area contributed by atoms with Crippen LogP contribution in [-0.4, -0.2) is 38.9 Å². The van der Waals surface area contributed by atoms with Crippen molar-refractivity contribution in [2.45, 2.75) is 32.4 Å². The number of hydrogen-bond donors (Lipinski definition) is 2. The van der Waals surface area contributed by atoms with E-state index in [1.54, 1.807) is 0 Å². The molecule has 0 aromatic rings. The molecule has 0 saturated carbocycles. The van der Waals surface area contributed by atoms with Crippen LogP contribution in [0.4, 0.5) is 0 Å². The van der Waals surface area contributed by atoms with Crippen molar-refractivity contribution in [2.24, 2.45) is 5.92 Å². The summed E-state index contributed by atoms with van der Waals surface area (Å²) in [7, 11) is 2.03. The molecule has 1 aliphatic rings. The summed E-state index contributed by atoms with van der Waals surface area (Å²) in [6.07, 6.45) is 1.51. The molecule has 13 heavy (non-hydrogen) atoms. The van der Waals surface area contributed by atoms with Gasteiger partial charge >= 0.3 is 0 Å². The summed E-state index contributed by atoms with van der Waals surface area (Å²) in [5, 5.41) is 6.69. The lowest BCUT2D eigenvalue weighted by Crippen LogP contribution is -2.43. The van der Waals surface area contributed by atoms with Crippen LogP contribution in [0.1, 0.15) is 20.3 Å². The number of hydrogen-bond acceptors (Lipinski definition) is 3. The van der Waals surface area contributed by atoms with Crippen molar-refractivity contribution in [1.29, 1.82) is 0 Å². The van der Waals surface area contributed by atoms with Crippen LogP contribution >= 0.6 is 0 Å². The third-order valence-electron chi connectivity index (χ3n) is 2.70. The zero-order chi connectivity index (χ0) is 9.68. The molecule has 0 bridgehead atoms. The average Bonchev–Trinajstić information content (AvgIpc) is 2.15. The summed E-state index contributed by atoms with van der Waals surface area (Å²) in [4.78, 5) is 0. The van der Waals surface area contributed by atoms with Crippen molar-refractivity contribution < 1.29 is 4.74 Å². The summed E-state index contributed by atoms with van der Waals surface area (Å²) in [5.41, 5.74) is 0. The highest BCUT2D eigenvalue weighted by Crippen LogP contribution is 2.11. The first kappa shape index (κ1) is 11.0. The predicted molar refractivity (Wildman–Crippen MR) is 54.9 cm³/mol. The van der Waals surface area contributed by atoms with Gasteiger partial charge in [0.1, 0.15) is 0 Å². The topological polar surface area (TPSA) is 33.3 Å². The molecule has 1 aliphatic heterocycles. The van der Waals surface area contributed by atoms with E-state index < -0.39 is 0 Å². The van der Waals surface area contributed by atoms with Crippen LogP contribution in [0.5, 0.6) is 0 Å². The van der Waals surface area contributed by atoms with Crippen molar-refractivity contribution in [3.8, 4) is 0 Å². The molecule has 2 unspecified atom stereocenters. The Morgan fingerprint density at radius 3 is 2.77 bits per heavy atom. The van der Waals surface area contributed by atoms with Gasteiger partial charge in [0.05, 0.1) is 12.7 Å². The van der Waals surface area contributed by atoms with Gasteiger partial charge in [-0.15, -0.1) is 0 Å². The fraction of sp³-hybridized carbons (Fsp3) is 1.00. The lowest BCUT2D eigenvalue weighted by molar-refractivity contribution is 0.0147.